The largest absolute Gasteiger partial charge is 0.388 e. The molecule has 4 nitrogen and oxygen atoms in total. The minimum Gasteiger partial charge on any atom is -0.388 e. The third-order valence-corrected chi connectivity index (χ3v) is 5.96. The Morgan fingerprint density at radius 2 is 1.95 bits per heavy atom. The van der Waals surface area contributed by atoms with Crippen LogP contribution in [0.15, 0.2) is 24.3 Å². The number of nitrogens with one attached hydrogen (secondary N) is 1. The highest BCUT2D eigenvalue weighted by molar-refractivity contribution is 7.90. The molecule has 0 radical (unpaired) electrons. The lowest BCUT2D eigenvalue weighted by molar-refractivity contribution is 0.0317. The van der Waals surface area contributed by atoms with E-state index < -0.39 is 15.6 Å². The van der Waals surface area contributed by atoms with Crippen molar-refractivity contribution in [1.82, 2.24) is 4.72 Å². The Labute approximate surface area is 113 Å². The number of benzene rings is 1. The van der Waals surface area contributed by atoms with Crippen LogP contribution < -0.4 is 4.72 Å². The number of fused-ring (bicyclic) bond motifs is 1. The average Bonchev–Trinajstić information content (AvgIpc) is 3.21. The van der Waals surface area contributed by atoms with Crippen LogP contribution in [0.5, 0.6) is 0 Å². The maximum Gasteiger partial charge on any atom is 0.214 e. The highest BCUT2D eigenvalue weighted by Crippen LogP contribution is 2.30. The van der Waals surface area contributed by atoms with Gasteiger partial charge in [-0.15, -0.1) is 0 Å². The van der Waals surface area contributed by atoms with Gasteiger partial charge in [0, 0.05) is 13.0 Å². The number of sulfonamides is 1. The van der Waals surface area contributed by atoms with Crippen molar-refractivity contribution in [3.63, 3.8) is 0 Å². The molecule has 1 aromatic carbocycles. The molecule has 19 heavy (non-hydrogen) atoms. The summed E-state index contributed by atoms with van der Waals surface area (Å²) in [4.78, 5) is 0. The highest BCUT2D eigenvalue weighted by Gasteiger charge is 2.38. The quantitative estimate of drug-likeness (QED) is 0.865. The first-order valence-corrected chi connectivity index (χ1v) is 8.31. The van der Waals surface area contributed by atoms with Crippen molar-refractivity contribution in [2.45, 2.75) is 43.0 Å². The minimum absolute atomic E-state index is 0.125. The molecule has 0 amide bonds. The molecule has 1 atom stereocenters. The third-order valence-electron chi connectivity index (χ3n) is 4.06. The van der Waals surface area contributed by atoms with Crippen molar-refractivity contribution >= 4 is 10.0 Å². The standard InChI is InChI=1S/C14H19NO3S/c16-14(10-15-19(17,18)13-5-6-13)8-7-11-3-1-2-4-12(11)9-14/h1-4,13,15-16H,5-10H2. The SMILES string of the molecule is O=S(=O)(NCC1(O)CCc2ccccc2C1)C1CC1. The maximum absolute atomic E-state index is 11.8. The molecule has 0 spiro atoms. The molecule has 2 aliphatic carbocycles. The van der Waals surface area contributed by atoms with Gasteiger partial charge in [-0.3, -0.25) is 0 Å². The second-order valence-electron chi connectivity index (χ2n) is 5.74. The highest BCUT2D eigenvalue weighted by atomic mass is 32.2. The summed E-state index contributed by atoms with van der Waals surface area (Å²) in [6.07, 6.45) is 3.43. The fraction of sp³-hybridized carbons (Fsp3) is 0.571. The van der Waals surface area contributed by atoms with Gasteiger partial charge in [0.1, 0.15) is 0 Å². The molecule has 0 aromatic heterocycles. The van der Waals surface area contributed by atoms with Gasteiger partial charge in [-0.2, -0.15) is 0 Å². The summed E-state index contributed by atoms with van der Waals surface area (Å²) in [5.74, 6) is 0. The molecule has 5 heteroatoms. The average molecular weight is 281 g/mol. The zero-order valence-corrected chi connectivity index (χ0v) is 11.6. The van der Waals surface area contributed by atoms with E-state index in [1.807, 2.05) is 18.2 Å². The predicted molar refractivity (Wildman–Crippen MR) is 73.4 cm³/mol. The molecule has 2 N–H and O–H groups in total. The van der Waals surface area contributed by atoms with Crippen LogP contribution in [0, 0.1) is 0 Å². The molecule has 1 aromatic rings. The summed E-state index contributed by atoms with van der Waals surface area (Å²) in [7, 11) is -3.21. The van der Waals surface area contributed by atoms with Gasteiger partial charge in [0.25, 0.3) is 0 Å². The molecule has 0 saturated heterocycles. The first-order valence-electron chi connectivity index (χ1n) is 6.76. The monoisotopic (exact) mass is 281 g/mol. The van der Waals surface area contributed by atoms with E-state index in [-0.39, 0.29) is 11.8 Å². The molecule has 104 valence electrons. The van der Waals surface area contributed by atoms with Crippen LogP contribution in [0.1, 0.15) is 30.4 Å². The number of aliphatic hydroxyl groups is 1. The van der Waals surface area contributed by atoms with Crippen LogP contribution in [0.25, 0.3) is 0 Å². The smallest absolute Gasteiger partial charge is 0.214 e. The van der Waals surface area contributed by atoms with Gasteiger partial charge < -0.3 is 5.11 Å². The number of hydrogen-bond acceptors (Lipinski definition) is 3. The lowest BCUT2D eigenvalue weighted by Crippen LogP contribution is -2.47. The van der Waals surface area contributed by atoms with Gasteiger partial charge in [0.2, 0.25) is 10.0 Å². The third kappa shape index (κ3) is 2.83. The zero-order valence-electron chi connectivity index (χ0n) is 10.8. The van der Waals surface area contributed by atoms with Crippen molar-refractivity contribution in [3.8, 4) is 0 Å². The number of rotatable bonds is 4. The predicted octanol–water partition coefficient (Wildman–Crippen LogP) is 0.988. The first kappa shape index (κ1) is 13.1. The lowest BCUT2D eigenvalue weighted by atomic mass is 9.80. The second kappa shape index (κ2) is 4.58. The second-order valence-corrected chi connectivity index (χ2v) is 7.78. The maximum atomic E-state index is 11.8. The summed E-state index contributed by atoms with van der Waals surface area (Å²) >= 11 is 0. The van der Waals surface area contributed by atoms with E-state index in [1.54, 1.807) is 0 Å². The van der Waals surface area contributed by atoms with E-state index in [0.29, 0.717) is 12.8 Å². The molecular weight excluding hydrogens is 262 g/mol. The molecular formula is C14H19NO3S. The summed E-state index contributed by atoms with van der Waals surface area (Å²) in [5, 5.41) is 10.3. The van der Waals surface area contributed by atoms with Crippen LogP contribution in [-0.4, -0.2) is 30.9 Å². The van der Waals surface area contributed by atoms with Crippen LogP contribution in [-0.2, 0) is 22.9 Å². The van der Waals surface area contributed by atoms with Crippen molar-refractivity contribution in [1.29, 1.82) is 0 Å². The fourth-order valence-corrected chi connectivity index (χ4v) is 4.13. The van der Waals surface area contributed by atoms with E-state index in [4.69, 9.17) is 0 Å². The van der Waals surface area contributed by atoms with E-state index in [1.165, 1.54) is 5.56 Å². The van der Waals surface area contributed by atoms with Gasteiger partial charge in [-0.05, 0) is 36.8 Å². The fourth-order valence-electron chi connectivity index (χ4n) is 2.67. The summed E-state index contributed by atoms with van der Waals surface area (Å²) < 4.78 is 26.2. The van der Waals surface area contributed by atoms with E-state index in [2.05, 4.69) is 10.8 Å². The van der Waals surface area contributed by atoms with Crippen molar-refractivity contribution in [2.75, 3.05) is 6.54 Å². The molecule has 1 fully saturated rings. The summed E-state index contributed by atoms with van der Waals surface area (Å²) in [6.45, 7) is 0.125. The van der Waals surface area contributed by atoms with Gasteiger partial charge in [0.15, 0.2) is 0 Å². The molecule has 1 saturated carbocycles. The number of aryl methyl sites for hydroxylation is 1. The Balaban J connectivity index is 1.68. The molecule has 0 bridgehead atoms. The van der Waals surface area contributed by atoms with Crippen molar-refractivity contribution in [3.05, 3.63) is 35.4 Å². The van der Waals surface area contributed by atoms with Crippen LogP contribution in [0.3, 0.4) is 0 Å². The van der Waals surface area contributed by atoms with Crippen LogP contribution in [0.4, 0.5) is 0 Å². The first-order chi connectivity index (χ1) is 8.99. The topological polar surface area (TPSA) is 66.4 Å². The Kier molecular flexibility index (Phi) is 3.15. The van der Waals surface area contributed by atoms with Crippen molar-refractivity contribution in [2.24, 2.45) is 0 Å². The van der Waals surface area contributed by atoms with E-state index in [0.717, 1.165) is 24.8 Å². The Morgan fingerprint density at radius 1 is 1.26 bits per heavy atom. The molecule has 0 aliphatic heterocycles. The lowest BCUT2D eigenvalue weighted by Gasteiger charge is -2.33. The molecule has 1 unspecified atom stereocenters. The minimum atomic E-state index is -3.21. The zero-order chi connectivity index (χ0) is 13.5. The van der Waals surface area contributed by atoms with Crippen molar-refractivity contribution < 1.29 is 13.5 Å². The summed E-state index contributed by atoms with van der Waals surface area (Å²) in [5.41, 5.74) is 1.44. The summed E-state index contributed by atoms with van der Waals surface area (Å²) in [6, 6.07) is 8.04. The Hall–Kier alpha value is -0.910. The molecule has 0 heterocycles. The van der Waals surface area contributed by atoms with Crippen LogP contribution >= 0.6 is 0 Å². The molecule has 2 aliphatic rings. The van der Waals surface area contributed by atoms with Gasteiger partial charge in [0.05, 0.1) is 10.9 Å². The Bertz CT molecular complexity index is 580. The van der Waals surface area contributed by atoms with E-state index in [9.17, 15) is 13.5 Å². The van der Waals surface area contributed by atoms with Gasteiger partial charge >= 0.3 is 0 Å². The van der Waals surface area contributed by atoms with E-state index >= 15 is 0 Å². The van der Waals surface area contributed by atoms with Crippen LogP contribution in [0.2, 0.25) is 0 Å². The number of hydrogen-bond donors (Lipinski definition) is 2. The van der Waals surface area contributed by atoms with Gasteiger partial charge in [-0.25, -0.2) is 13.1 Å². The Morgan fingerprint density at radius 3 is 2.63 bits per heavy atom. The molecule has 3 rings (SSSR count). The van der Waals surface area contributed by atoms with Gasteiger partial charge in [-0.1, -0.05) is 24.3 Å². The normalized spacial score (nSPS) is 27.0.